The standard InChI is InChI=1S/C28H30O5/c1-19(28(30)22-10-7-13-26(17-22)33-4)23(14-20-8-5-11-24(15-20)31-2)18-27(29)21-9-6-12-25(16-21)32-3/h5-17,27-30H,1,18H2,2-4H3/b23-14-/t27-,28+/m0/s1. The Kier molecular flexibility index (Phi) is 8.30. The minimum atomic E-state index is -0.963. The molecule has 2 atom stereocenters. The van der Waals surface area contributed by atoms with Gasteiger partial charge in [0.25, 0.3) is 0 Å². The average molecular weight is 447 g/mol. The number of methoxy groups -OCH3 is 3. The zero-order valence-electron chi connectivity index (χ0n) is 19.2. The highest BCUT2D eigenvalue weighted by atomic mass is 16.5. The van der Waals surface area contributed by atoms with Crippen molar-refractivity contribution >= 4 is 6.08 Å². The van der Waals surface area contributed by atoms with Crippen LogP contribution in [-0.4, -0.2) is 31.5 Å². The van der Waals surface area contributed by atoms with Crippen LogP contribution in [0.5, 0.6) is 17.2 Å². The van der Waals surface area contributed by atoms with Gasteiger partial charge in [-0.05, 0) is 64.2 Å². The first-order chi connectivity index (χ1) is 15.9. The second-order valence-electron chi connectivity index (χ2n) is 7.65. The second-order valence-corrected chi connectivity index (χ2v) is 7.65. The van der Waals surface area contributed by atoms with Gasteiger partial charge < -0.3 is 24.4 Å². The van der Waals surface area contributed by atoms with Gasteiger partial charge in [-0.25, -0.2) is 0 Å². The van der Waals surface area contributed by atoms with E-state index in [0.29, 0.717) is 28.2 Å². The number of aliphatic hydroxyl groups excluding tert-OH is 2. The Morgan fingerprint density at radius 3 is 1.91 bits per heavy atom. The molecule has 0 aromatic heterocycles. The summed E-state index contributed by atoms with van der Waals surface area (Å²) in [5.41, 5.74) is 3.46. The van der Waals surface area contributed by atoms with E-state index in [2.05, 4.69) is 6.58 Å². The molecule has 0 radical (unpaired) electrons. The smallest absolute Gasteiger partial charge is 0.119 e. The maximum absolute atomic E-state index is 11.1. The third-order valence-corrected chi connectivity index (χ3v) is 5.48. The molecule has 5 nitrogen and oxygen atoms in total. The molecule has 2 N–H and O–H groups in total. The molecule has 0 aliphatic carbocycles. The molecule has 0 bridgehead atoms. The summed E-state index contributed by atoms with van der Waals surface area (Å²) in [6.45, 7) is 4.18. The van der Waals surface area contributed by atoms with E-state index in [1.807, 2.05) is 66.7 Å². The summed E-state index contributed by atoms with van der Waals surface area (Å²) in [4.78, 5) is 0. The Balaban J connectivity index is 1.96. The predicted octanol–water partition coefficient (Wildman–Crippen LogP) is 5.51. The van der Waals surface area contributed by atoms with Crippen molar-refractivity contribution in [3.05, 3.63) is 107 Å². The molecule has 3 rings (SSSR count). The van der Waals surface area contributed by atoms with Crippen LogP contribution in [0.15, 0.2) is 90.5 Å². The van der Waals surface area contributed by atoms with Crippen LogP contribution >= 0.6 is 0 Å². The van der Waals surface area contributed by atoms with Crippen molar-refractivity contribution in [3.63, 3.8) is 0 Å². The summed E-state index contributed by atoms with van der Waals surface area (Å²) in [5.74, 6) is 2.03. The molecule has 0 saturated heterocycles. The minimum Gasteiger partial charge on any atom is -0.497 e. The van der Waals surface area contributed by atoms with Gasteiger partial charge in [-0.2, -0.15) is 0 Å². The Morgan fingerprint density at radius 1 is 0.788 bits per heavy atom. The zero-order chi connectivity index (χ0) is 23.8. The van der Waals surface area contributed by atoms with E-state index in [9.17, 15) is 10.2 Å². The van der Waals surface area contributed by atoms with Crippen molar-refractivity contribution in [2.24, 2.45) is 0 Å². The molecule has 0 aliphatic heterocycles. The Morgan fingerprint density at radius 2 is 1.30 bits per heavy atom. The minimum absolute atomic E-state index is 0.254. The van der Waals surface area contributed by atoms with Crippen molar-refractivity contribution in [3.8, 4) is 17.2 Å². The van der Waals surface area contributed by atoms with Gasteiger partial charge >= 0.3 is 0 Å². The van der Waals surface area contributed by atoms with Crippen molar-refractivity contribution in [1.82, 2.24) is 0 Å². The van der Waals surface area contributed by atoms with Gasteiger partial charge in [0, 0.05) is 6.42 Å². The number of rotatable bonds is 10. The highest BCUT2D eigenvalue weighted by Crippen LogP contribution is 2.35. The van der Waals surface area contributed by atoms with Gasteiger partial charge in [0.05, 0.1) is 27.4 Å². The van der Waals surface area contributed by atoms with Gasteiger partial charge in [0.1, 0.15) is 23.4 Å². The average Bonchev–Trinajstić information content (AvgIpc) is 2.87. The summed E-state index contributed by atoms with van der Waals surface area (Å²) >= 11 is 0. The Bertz CT molecular complexity index is 1120. The third-order valence-electron chi connectivity index (χ3n) is 5.48. The van der Waals surface area contributed by atoms with Gasteiger partial charge in [-0.15, -0.1) is 0 Å². The molecule has 0 fully saturated rings. The number of aliphatic hydroxyl groups is 2. The summed E-state index contributed by atoms with van der Waals surface area (Å²) in [6, 6.07) is 22.1. The number of benzene rings is 3. The molecule has 0 heterocycles. The van der Waals surface area contributed by atoms with E-state index in [1.165, 1.54) is 0 Å². The fraction of sp³-hybridized carbons (Fsp3) is 0.214. The molecule has 0 unspecified atom stereocenters. The molecule has 0 spiro atoms. The third kappa shape index (κ3) is 6.25. The molecule has 3 aromatic carbocycles. The molecule has 5 heteroatoms. The fourth-order valence-electron chi connectivity index (χ4n) is 3.58. The van der Waals surface area contributed by atoms with Crippen LogP contribution in [0, 0.1) is 0 Å². The van der Waals surface area contributed by atoms with Crippen molar-refractivity contribution < 1.29 is 24.4 Å². The van der Waals surface area contributed by atoms with Gasteiger partial charge in [0.15, 0.2) is 0 Å². The molecule has 0 aliphatic rings. The Labute approximate surface area is 195 Å². The van der Waals surface area contributed by atoms with Crippen LogP contribution in [0.25, 0.3) is 6.08 Å². The summed E-state index contributed by atoms with van der Waals surface area (Å²) in [6.07, 6.45) is 0.391. The number of hydrogen-bond donors (Lipinski definition) is 2. The largest absolute Gasteiger partial charge is 0.497 e. The fourth-order valence-corrected chi connectivity index (χ4v) is 3.58. The van der Waals surface area contributed by atoms with E-state index < -0.39 is 12.2 Å². The monoisotopic (exact) mass is 446 g/mol. The number of hydrogen-bond acceptors (Lipinski definition) is 5. The topological polar surface area (TPSA) is 68.2 Å². The van der Waals surface area contributed by atoms with Gasteiger partial charge in [0.2, 0.25) is 0 Å². The van der Waals surface area contributed by atoms with E-state index >= 15 is 0 Å². The first kappa shape index (κ1) is 24.1. The molecular weight excluding hydrogens is 416 g/mol. The quantitative estimate of drug-likeness (QED) is 0.402. The van der Waals surface area contributed by atoms with Gasteiger partial charge in [-0.3, -0.25) is 0 Å². The van der Waals surface area contributed by atoms with Crippen LogP contribution in [0.3, 0.4) is 0 Å². The maximum Gasteiger partial charge on any atom is 0.119 e. The van der Waals surface area contributed by atoms with Crippen LogP contribution in [-0.2, 0) is 0 Å². The first-order valence-corrected chi connectivity index (χ1v) is 10.6. The molecule has 172 valence electrons. The second kappa shape index (κ2) is 11.4. The highest BCUT2D eigenvalue weighted by molar-refractivity contribution is 5.61. The highest BCUT2D eigenvalue weighted by Gasteiger charge is 2.20. The van der Waals surface area contributed by atoms with Crippen LogP contribution in [0.4, 0.5) is 0 Å². The maximum atomic E-state index is 11.1. The molecule has 33 heavy (non-hydrogen) atoms. The van der Waals surface area contributed by atoms with Crippen molar-refractivity contribution in [2.45, 2.75) is 18.6 Å². The molecule has 0 amide bonds. The van der Waals surface area contributed by atoms with E-state index in [-0.39, 0.29) is 6.42 Å². The SMILES string of the molecule is C=C(/C(=C\c1cccc(OC)c1)C[C@H](O)c1cccc(OC)c1)[C@@H](O)c1cccc(OC)c1. The van der Waals surface area contributed by atoms with E-state index in [1.54, 1.807) is 33.5 Å². The lowest BCUT2D eigenvalue weighted by atomic mass is 9.89. The molecule has 0 saturated carbocycles. The summed E-state index contributed by atoms with van der Waals surface area (Å²) in [5, 5.41) is 22.1. The van der Waals surface area contributed by atoms with Crippen LogP contribution in [0.2, 0.25) is 0 Å². The van der Waals surface area contributed by atoms with Crippen LogP contribution < -0.4 is 14.2 Å². The summed E-state index contributed by atoms with van der Waals surface area (Å²) in [7, 11) is 4.78. The van der Waals surface area contributed by atoms with Crippen molar-refractivity contribution in [2.75, 3.05) is 21.3 Å². The lowest BCUT2D eigenvalue weighted by Gasteiger charge is -2.21. The molecule has 3 aromatic rings. The summed E-state index contributed by atoms with van der Waals surface area (Å²) < 4.78 is 15.9. The number of ether oxygens (including phenoxy) is 3. The van der Waals surface area contributed by atoms with Crippen molar-refractivity contribution in [1.29, 1.82) is 0 Å². The molecular formula is C28H30O5. The van der Waals surface area contributed by atoms with Gasteiger partial charge in [-0.1, -0.05) is 49.1 Å². The predicted molar refractivity (Wildman–Crippen MR) is 131 cm³/mol. The normalized spacial score (nSPS) is 13.2. The van der Waals surface area contributed by atoms with Crippen LogP contribution in [0.1, 0.15) is 35.3 Å². The Hall–Kier alpha value is -3.54. The lowest BCUT2D eigenvalue weighted by molar-refractivity contribution is 0.174. The zero-order valence-corrected chi connectivity index (χ0v) is 19.2. The lowest BCUT2D eigenvalue weighted by Crippen LogP contribution is -2.07. The first-order valence-electron chi connectivity index (χ1n) is 10.6. The van der Waals surface area contributed by atoms with E-state index in [0.717, 1.165) is 16.9 Å². The van der Waals surface area contributed by atoms with E-state index in [4.69, 9.17) is 14.2 Å².